The highest BCUT2D eigenvalue weighted by Crippen LogP contribution is 2.23. The second-order valence-corrected chi connectivity index (χ2v) is 5.93. The van der Waals surface area contributed by atoms with Gasteiger partial charge in [0.05, 0.1) is 5.69 Å². The topological polar surface area (TPSA) is 75.9 Å². The standard InChI is InChI=1S/C16H22N6O/c1-17-14-13(18-5-6-19-14)10-12-4-3-8-22(11-12)16(23)15-20-7-9-21(15)2/h5-7,9,12H,3-4,8,10-11H2,1-2H3,(H,17,19)/t12-/m0/s1. The van der Waals surface area contributed by atoms with Gasteiger partial charge in [0.2, 0.25) is 0 Å². The van der Waals surface area contributed by atoms with Crippen LogP contribution < -0.4 is 5.32 Å². The molecule has 1 aliphatic rings. The molecule has 0 bridgehead atoms. The third-order valence-electron chi connectivity index (χ3n) is 4.31. The zero-order valence-corrected chi connectivity index (χ0v) is 13.6. The molecule has 0 saturated carbocycles. The van der Waals surface area contributed by atoms with Crippen molar-refractivity contribution in [2.24, 2.45) is 13.0 Å². The molecular weight excluding hydrogens is 292 g/mol. The Morgan fingerprint density at radius 1 is 1.30 bits per heavy atom. The summed E-state index contributed by atoms with van der Waals surface area (Å²) in [5.41, 5.74) is 0.964. The quantitative estimate of drug-likeness (QED) is 0.922. The molecule has 1 aliphatic heterocycles. The van der Waals surface area contributed by atoms with Crippen molar-refractivity contribution in [1.82, 2.24) is 24.4 Å². The lowest BCUT2D eigenvalue weighted by Crippen LogP contribution is -2.41. The first-order chi connectivity index (χ1) is 11.2. The number of piperidine rings is 1. The molecule has 0 aromatic carbocycles. The van der Waals surface area contributed by atoms with Gasteiger partial charge in [-0.3, -0.25) is 9.78 Å². The second kappa shape index (κ2) is 6.76. The first-order valence-corrected chi connectivity index (χ1v) is 7.93. The van der Waals surface area contributed by atoms with Crippen molar-refractivity contribution in [3.05, 3.63) is 36.3 Å². The molecule has 0 spiro atoms. The Morgan fingerprint density at radius 2 is 2.13 bits per heavy atom. The van der Waals surface area contributed by atoms with E-state index in [0.717, 1.165) is 43.9 Å². The van der Waals surface area contributed by atoms with Crippen molar-refractivity contribution in [3.63, 3.8) is 0 Å². The summed E-state index contributed by atoms with van der Waals surface area (Å²) in [5, 5.41) is 3.08. The molecule has 7 heteroatoms. The zero-order valence-electron chi connectivity index (χ0n) is 13.6. The van der Waals surface area contributed by atoms with E-state index < -0.39 is 0 Å². The summed E-state index contributed by atoms with van der Waals surface area (Å²) in [7, 11) is 3.70. The van der Waals surface area contributed by atoms with Gasteiger partial charge in [-0.05, 0) is 25.2 Å². The summed E-state index contributed by atoms with van der Waals surface area (Å²) in [5.74, 6) is 1.73. The van der Waals surface area contributed by atoms with E-state index in [-0.39, 0.29) is 5.91 Å². The second-order valence-electron chi connectivity index (χ2n) is 5.93. The Morgan fingerprint density at radius 3 is 2.87 bits per heavy atom. The highest BCUT2D eigenvalue weighted by molar-refractivity contribution is 5.90. The highest BCUT2D eigenvalue weighted by atomic mass is 16.2. The number of rotatable bonds is 4. The smallest absolute Gasteiger partial charge is 0.289 e. The van der Waals surface area contributed by atoms with Gasteiger partial charge in [0.25, 0.3) is 5.91 Å². The van der Waals surface area contributed by atoms with Crippen molar-refractivity contribution in [2.45, 2.75) is 19.3 Å². The maximum atomic E-state index is 12.6. The fourth-order valence-corrected chi connectivity index (χ4v) is 3.13. The Balaban J connectivity index is 1.69. The van der Waals surface area contributed by atoms with Crippen molar-refractivity contribution in [2.75, 3.05) is 25.5 Å². The minimum absolute atomic E-state index is 0.00943. The summed E-state index contributed by atoms with van der Waals surface area (Å²) in [4.78, 5) is 27.4. The summed E-state index contributed by atoms with van der Waals surface area (Å²) in [6.45, 7) is 1.53. The van der Waals surface area contributed by atoms with Gasteiger partial charge < -0.3 is 14.8 Å². The number of anilines is 1. The summed E-state index contributed by atoms with van der Waals surface area (Å²) in [6, 6.07) is 0. The van der Waals surface area contributed by atoms with Crippen LogP contribution in [0.25, 0.3) is 0 Å². The van der Waals surface area contributed by atoms with Crippen LogP contribution >= 0.6 is 0 Å². The largest absolute Gasteiger partial charge is 0.372 e. The number of amides is 1. The maximum absolute atomic E-state index is 12.6. The monoisotopic (exact) mass is 314 g/mol. The molecule has 7 nitrogen and oxygen atoms in total. The average Bonchev–Trinajstić information content (AvgIpc) is 3.01. The third-order valence-corrected chi connectivity index (χ3v) is 4.31. The molecule has 1 N–H and O–H groups in total. The van der Waals surface area contributed by atoms with Crippen molar-refractivity contribution in [1.29, 1.82) is 0 Å². The van der Waals surface area contributed by atoms with E-state index in [4.69, 9.17) is 0 Å². The Bertz CT molecular complexity index is 683. The van der Waals surface area contributed by atoms with E-state index in [1.165, 1.54) is 0 Å². The van der Waals surface area contributed by atoms with Gasteiger partial charge in [0.15, 0.2) is 5.82 Å². The van der Waals surface area contributed by atoms with Gasteiger partial charge >= 0.3 is 0 Å². The van der Waals surface area contributed by atoms with Crippen molar-refractivity contribution in [3.8, 4) is 0 Å². The van der Waals surface area contributed by atoms with Crippen molar-refractivity contribution < 1.29 is 4.79 Å². The predicted octanol–water partition coefficient (Wildman–Crippen LogP) is 1.35. The molecule has 3 heterocycles. The highest BCUT2D eigenvalue weighted by Gasteiger charge is 2.27. The number of aromatic nitrogens is 4. The number of nitrogens with one attached hydrogen (secondary N) is 1. The normalized spacial score (nSPS) is 18.0. The lowest BCUT2D eigenvalue weighted by molar-refractivity contribution is 0.0657. The van der Waals surface area contributed by atoms with E-state index in [2.05, 4.69) is 20.3 Å². The molecule has 1 saturated heterocycles. The fraction of sp³-hybridized carbons (Fsp3) is 0.500. The minimum atomic E-state index is 0.00943. The number of likely N-dealkylation sites (tertiary alicyclic amines) is 1. The Hall–Kier alpha value is -2.44. The molecule has 0 aliphatic carbocycles. The fourth-order valence-electron chi connectivity index (χ4n) is 3.13. The van der Waals surface area contributed by atoms with Crippen molar-refractivity contribution >= 4 is 11.7 Å². The first kappa shape index (κ1) is 15.5. The molecular formula is C16H22N6O. The van der Waals surface area contributed by atoms with E-state index in [1.54, 1.807) is 29.4 Å². The van der Waals surface area contributed by atoms with E-state index in [1.807, 2.05) is 19.0 Å². The maximum Gasteiger partial charge on any atom is 0.289 e. The SMILES string of the molecule is CNc1nccnc1C[C@@H]1CCCN(C(=O)c2nccn2C)C1. The van der Waals surface area contributed by atoms with Gasteiger partial charge in [0.1, 0.15) is 5.82 Å². The number of carbonyl (C=O) groups excluding carboxylic acids is 1. The van der Waals surface area contributed by atoms with Crippen LogP contribution in [0.5, 0.6) is 0 Å². The molecule has 0 unspecified atom stereocenters. The molecule has 2 aromatic heterocycles. The third kappa shape index (κ3) is 3.33. The summed E-state index contributed by atoms with van der Waals surface area (Å²) in [6.07, 6.45) is 9.80. The van der Waals surface area contributed by atoms with Crippen LogP contribution in [-0.4, -0.2) is 50.5 Å². The zero-order chi connectivity index (χ0) is 16.2. The van der Waals surface area contributed by atoms with Gasteiger partial charge in [0, 0.05) is 52.0 Å². The molecule has 2 aromatic rings. The number of imidazole rings is 1. The summed E-state index contributed by atoms with van der Waals surface area (Å²) >= 11 is 0. The van der Waals surface area contributed by atoms with E-state index in [0.29, 0.717) is 11.7 Å². The number of nitrogens with zero attached hydrogens (tertiary/aromatic N) is 5. The molecule has 0 radical (unpaired) electrons. The molecule has 1 atom stereocenters. The average molecular weight is 314 g/mol. The van der Waals surface area contributed by atoms with Crippen LogP contribution in [0.3, 0.4) is 0 Å². The van der Waals surface area contributed by atoms with Gasteiger partial charge in [-0.1, -0.05) is 0 Å². The van der Waals surface area contributed by atoms with Crippen LogP contribution in [0, 0.1) is 5.92 Å². The van der Waals surface area contributed by atoms with E-state index >= 15 is 0 Å². The number of hydrogen-bond donors (Lipinski definition) is 1. The lowest BCUT2D eigenvalue weighted by atomic mass is 9.93. The summed E-state index contributed by atoms with van der Waals surface area (Å²) < 4.78 is 1.77. The Kier molecular flexibility index (Phi) is 4.55. The molecule has 23 heavy (non-hydrogen) atoms. The molecule has 122 valence electrons. The van der Waals surface area contributed by atoms with Crippen LogP contribution in [0.15, 0.2) is 24.8 Å². The molecule has 1 fully saturated rings. The van der Waals surface area contributed by atoms with Crippen LogP contribution in [0.4, 0.5) is 5.82 Å². The van der Waals surface area contributed by atoms with Crippen LogP contribution in [0.2, 0.25) is 0 Å². The molecule has 1 amide bonds. The van der Waals surface area contributed by atoms with E-state index in [9.17, 15) is 4.79 Å². The molecule has 3 rings (SSSR count). The van der Waals surface area contributed by atoms with Crippen LogP contribution in [0.1, 0.15) is 29.2 Å². The number of carbonyl (C=O) groups is 1. The minimum Gasteiger partial charge on any atom is -0.372 e. The number of aryl methyl sites for hydroxylation is 1. The first-order valence-electron chi connectivity index (χ1n) is 7.93. The van der Waals surface area contributed by atoms with Gasteiger partial charge in [-0.2, -0.15) is 0 Å². The van der Waals surface area contributed by atoms with Crippen LogP contribution in [-0.2, 0) is 13.5 Å². The van der Waals surface area contributed by atoms with Gasteiger partial charge in [-0.25, -0.2) is 9.97 Å². The predicted molar refractivity (Wildman–Crippen MR) is 87.1 cm³/mol. The Labute approximate surface area is 135 Å². The lowest BCUT2D eigenvalue weighted by Gasteiger charge is -2.32. The number of hydrogen-bond acceptors (Lipinski definition) is 5. The van der Waals surface area contributed by atoms with Gasteiger partial charge in [-0.15, -0.1) is 0 Å².